The van der Waals surface area contributed by atoms with E-state index in [1.54, 1.807) is 19.9 Å². The highest BCUT2D eigenvalue weighted by Crippen LogP contribution is 2.45. The molecule has 5 rings (SSSR count). The lowest BCUT2D eigenvalue weighted by Crippen LogP contribution is -2.49. The van der Waals surface area contributed by atoms with Gasteiger partial charge in [-0.3, -0.25) is 4.79 Å². The van der Waals surface area contributed by atoms with Crippen LogP contribution in [0.3, 0.4) is 0 Å². The Labute approximate surface area is 198 Å². The fourth-order valence-corrected chi connectivity index (χ4v) is 4.99. The highest BCUT2D eigenvalue weighted by atomic mass is 16.5. The van der Waals surface area contributed by atoms with Gasteiger partial charge in [-0.05, 0) is 50.8 Å². The van der Waals surface area contributed by atoms with Crippen molar-refractivity contribution < 1.29 is 14.9 Å². The van der Waals surface area contributed by atoms with Gasteiger partial charge in [-0.2, -0.15) is 0 Å². The number of rotatable bonds is 4. The number of fused-ring (bicyclic) bond motifs is 5. The fourth-order valence-electron chi connectivity index (χ4n) is 4.99. The number of nitrogens with one attached hydrogen (secondary N) is 1. The summed E-state index contributed by atoms with van der Waals surface area (Å²) in [5.74, 6) is 0.470. The zero-order chi connectivity index (χ0) is 24.4. The topological polar surface area (TPSA) is 87.0 Å². The molecule has 178 valence electrons. The van der Waals surface area contributed by atoms with Gasteiger partial charge in [-0.25, -0.2) is 0 Å². The molecule has 3 N–H and O–H groups in total. The van der Waals surface area contributed by atoms with Gasteiger partial charge in [-0.15, -0.1) is 0 Å². The Morgan fingerprint density at radius 3 is 2.47 bits per heavy atom. The van der Waals surface area contributed by atoms with Gasteiger partial charge in [0.2, 0.25) is 0 Å². The lowest BCUT2D eigenvalue weighted by Gasteiger charge is -2.41. The smallest absolute Gasteiger partial charge is 0.199 e. The SMILES string of the molecule is CN(C)CCNc1cc2c(c3c1c(=O)c1cc4ccccc4cc1n3C)[C@@H](O)[C@@H](O)C(C)(C)O2. The summed E-state index contributed by atoms with van der Waals surface area (Å²) >= 11 is 0. The average Bonchev–Trinajstić information content (AvgIpc) is 2.79. The molecule has 7 nitrogen and oxygen atoms in total. The number of likely N-dealkylation sites (N-methyl/N-ethyl adjacent to an activating group) is 1. The van der Waals surface area contributed by atoms with E-state index in [0.29, 0.717) is 39.8 Å². The Bertz CT molecular complexity index is 1490. The fraction of sp³-hybridized carbons (Fsp3) is 0.370. The first-order valence-corrected chi connectivity index (χ1v) is 11.6. The minimum absolute atomic E-state index is 0.115. The first-order chi connectivity index (χ1) is 16.1. The molecule has 0 saturated heterocycles. The molecule has 1 aromatic heterocycles. The molecular formula is C27H31N3O4. The summed E-state index contributed by atoms with van der Waals surface area (Å²) in [7, 11) is 5.88. The largest absolute Gasteiger partial charge is 0.484 e. The number of hydrogen-bond acceptors (Lipinski definition) is 6. The molecule has 2 heterocycles. The van der Waals surface area contributed by atoms with Crippen LogP contribution in [0.4, 0.5) is 5.69 Å². The van der Waals surface area contributed by atoms with Crippen LogP contribution >= 0.6 is 0 Å². The Hall–Kier alpha value is -3.13. The van der Waals surface area contributed by atoms with Crippen molar-refractivity contribution in [3.63, 3.8) is 0 Å². The number of hydrogen-bond donors (Lipinski definition) is 3. The van der Waals surface area contributed by atoms with Gasteiger partial charge in [-0.1, -0.05) is 24.3 Å². The molecule has 0 saturated carbocycles. The number of ether oxygens (including phenoxy) is 1. The van der Waals surface area contributed by atoms with Crippen molar-refractivity contribution in [2.75, 3.05) is 32.5 Å². The number of benzene rings is 3. The quantitative estimate of drug-likeness (QED) is 0.404. The predicted molar refractivity (Wildman–Crippen MR) is 137 cm³/mol. The van der Waals surface area contributed by atoms with Crippen LogP contribution < -0.4 is 15.5 Å². The van der Waals surface area contributed by atoms with Crippen LogP contribution in [0.2, 0.25) is 0 Å². The van der Waals surface area contributed by atoms with E-state index in [-0.39, 0.29) is 5.43 Å². The van der Waals surface area contributed by atoms with Crippen molar-refractivity contribution in [1.29, 1.82) is 0 Å². The normalized spacial score (nSPS) is 19.5. The summed E-state index contributed by atoms with van der Waals surface area (Å²) in [4.78, 5) is 16.0. The zero-order valence-corrected chi connectivity index (χ0v) is 20.2. The van der Waals surface area contributed by atoms with Gasteiger partial charge in [0.15, 0.2) is 5.43 Å². The van der Waals surface area contributed by atoms with Crippen LogP contribution in [0.5, 0.6) is 5.75 Å². The zero-order valence-electron chi connectivity index (χ0n) is 20.2. The summed E-state index contributed by atoms with van der Waals surface area (Å²) < 4.78 is 8.12. The number of anilines is 1. The van der Waals surface area contributed by atoms with Gasteiger partial charge < -0.3 is 29.7 Å². The van der Waals surface area contributed by atoms with Crippen molar-refractivity contribution >= 4 is 38.3 Å². The van der Waals surface area contributed by atoms with Crippen molar-refractivity contribution in [3.8, 4) is 5.75 Å². The number of aliphatic hydroxyl groups excluding tert-OH is 2. The Balaban J connectivity index is 1.89. The van der Waals surface area contributed by atoms with E-state index >= 15 is 0 Å². The monoisotopic (exact) mass is 461 g/mol. The number of aromatic nitrogens is 1. The van der Waals surface area contributed by atoms with Crippen LogP contribution in [-0.2, 0) is 7.05 Å². The molecular weight excluding hydrogens is 430 g/mol. The average molecular weight is 462 g/mol. The highest BCUT2D eigenvalue weighted by molar-refractivity contribution is 6.06. The first kappa shape index (κ1) is 22.7. The molecule has 1 aliphatic heterocycles. The van der Waals surface area contributed by atoms with Crippen molar-refractivity contribution in [1.82, 2.24) is 9.47 Å². The van der Waals surface area contributed by atoms with E-state index in [9.17, 15) is 15.0 Å². The van der Waals surface area contributed by atoms with E-state index in [1.165, 1.54) is 0 Å². The molecule has 0 unspecified atom stereocenters. The maximum Gasteiger partial charge on any atom is 0.199 e. The second kappa shape index (κ2) is 7.98. The lowest BCUT2D eigenvalue weighted by atomic mass is 9.86. The third-order valence-electron chi connectivity index (χ3n) is 6.89. The summed E-state index contributed by atoms with van der Waals surface area (Å²) in [5, 5.41) is 28.5. The predicted octanol–water partition coefficient (Wildman–Crippen LogP) is 3.38. The highest BCUT2D eigenvalue weighted by Gasteiger charge is 2.44. The van der Waals surface area contributed by atoms with Crippen LogP contribution in [0.15, 0.2) is 47.3 Å². The summed E-state index contributed by atoms with van der Waals surface area (Å²) in [6.07, 6.45) is -2.33. The van der Waals surface area contributed by atoms with E-state index in [1.807, 2.05) is 62.1 Å². The number of aliphatic hydroxyl groups is 2. The second-order valence-electron chi connectivity index (χ2n) is 9.99. The number of pyridine rings is 1. The Morgan fingerprint density at radius 2 is 1.79 bits per heavy atom. The number of nitrogens with zero attached hydrogens (tertiary/aromatic N) is 2. The molecule has 2 atom stereocenters. The van der Waals surface area contributed by atoms with E-state index in [2.05, 4.69) is 10.2 Å². The van der Waals surface area contributed by atoms with Gasteiger partial charge in [0.25, 0.3) is 0 Å². The third kappa shape index (κ3) is 3.43. The van der Waals surface area contributed by atoms with Crippen LogP contribution in [0.25, 0.3) is 32.6 Å². The number of aryl methyl sites for hydroxylation is 1. The molecule has 7 heteroatoms. The molecule has 3 aromatic carbocycles. The molecule has 1 aliphatic rings. The minimum Gasteiger partial charge on any atom is -0.484 e. The molecule has 0 fully saturated rings. The van der Waals surface area contributed by atoms with Crippen LogP contribution in [0, 0.1) is 0 Å². The van der Waals surface area contributed by atoms with Gasteiger partial charge in [0.05, 0.1) is 22.1 Å². The van der Waals surface area contributed by atoms with E-state index in [0.717, 1.165) is 22.8 Å². The molecule has 4 aromatic rings. The summed E-state index contributed by atoms with van der Waals surface area (Å²) in [5.41, 5.74) is 1.33. The standard InChI is InChI=1S/C27H31N3O4/c1-27(2)26(33)25(32)22-20(34-27)14-18(28-10-11-29(3)4)21-23(22)30(5)19-13-16-9-7-6-8-15(16)12-17(19)24(21)31/h6-9,12-14,25-26,28,32-33H,10-11H2,1-5H3/t25-,26-/m1/s1. The minimum atomic E-state index is -1.19. The Morgan fingerprint density at radius 1 is 1.12 bits per heavy atom. The molecule has 0 bridgehead atoms. The molecule has 34 heavy (non-hydrogen) atoms. The summed E-state index contributed by atoms with van der Waals surface area (Å²) in [6, 6.07) is 13.7. The van der Waals surface area contributed by atoms with E-state index in [4.69, 9.17) is 4.74 Å². The maximum absolute atomic E-state index is 14.0. The Kier molecular flexibility index (Phi) is 5.31. The lowest BCUT2D eigenvalue weighted by molar-refractivity contribution is -0.111. The molecule has 0 radical (unpaired) electrons. The molecule has 0 aliphatic carbocycles. The van der Waals surface area contributed by atoms with Crippen molar-refractivity contribution in [2.24, 2.45) is 7.05 Å². The van der Waals surface area contributed by atoms with Gasteiger partial charge in [0.1, 0.15) is 23.6 Å². The van der Waals surface area contributed by atoms with Crippen molar-refractivity contribution in [3.05, 3.63) is 58.3 Å². The van der Waals surface area contributed by atoms with E-state index < -0.39 is 17.8 Å². The molecule has 0 amide bonds. The molecule has 0 spiro atoms. The summed E-state index contributed by atoms with van der Waals surface area (Å²) in [6.45, 7) is 4.91. The van der Waals surface area contributed by atoms with Gasteiger partial charge in [0, 0.05) is 37.2 Å². The van der Waals surface area contributed by atoms with Gasteiger partial charge >= 0.3 is 0 Å². The second-order valence-corrected chi connectivity index (χ2v) is 9.99. The third-order valence-corrected chi connectivity index (χ3v) is 6.89. The van der Waals surface area contributed by atoms with Crippen molar-refractivity contribution in [2.45, 2.75) is 31.7 Å². The van der Waals surface area contributed by atoms with Crippen LogP contribution in [0.1, 0.15) is 25.5 Å². The maximum atomic E-state index is 14.0. The van der Waals surface area contributed by atoms with Crippen LogP contribution in [-0.4, -0.2) is 58.6 Å². The first-order valence-electron chi connectivity index (χ1n) is 11.6.